The summed E-state index contributed by atoms with van der Waals surface area (Å²) in [6.07, 6.45) is 15.8. The van der Waals surface area contributed by atoms with Crippen LogP contribution in [0.2, 0.25) is 0 Å². The lowest BCUT2D eigenvalue weighted by Gasteiger charge is -2.22. The highest BCUT2D eigenvalue weighted by atomic mass is 79.9. The molecular weight excluding hydrogens is 432 g/mol. The number of amides is 2. The van der Waals surface area contributed by atoms with Crippen LogP contribution in [0.4, 0.5) is 5.95 Å². The predicted molar refractivity (Wildman–Crippen MR) is 119 cm³/mol. The van der Waals surface area contributed by atoms with Crippen LogP contribution in [0.1, 0.15) is 45.4 Å². The average Bonchev–Trinajstić information content (AvgIpc) is 2.73. The number of hydrogen-bond acceptors (Lipinski definition) is 4. The van der Waals surface area contributed by atoms with Crippen molar-refractivity contribution < 1.29 is 9.59 Å². The van der Waals surface area contributed by atoms with Gasteiger partial charge >= 0.3 is 0 Å². The minimum Gasteiger partial charge on any atom is -0.321 e. The summed E-state index contributed by atoms with van der Waals surface area (Å²) in [6.45, 7) is 5.64. The first-order valence-electron chi connectivity index (χ1n) is 9.77. The summed E-state index contributed by atoms with van der Waals surface area (Å²) in [5.74, 6) is -0.484. The fourth-order valence-corrected chi connectivity index (χ4v) is 3.77. The molecule has 2 amide bonds. The molecule has 1 aromatic rings. The maximum absolute atomic E-state index is 12.9. The molecule has 2 rings (SSSR count). The van der Waals surface area contributed by atoms with E-state index in [9.17, 15) is 9.59 Å². The van der Waals surface area contributed by atoms with Crippen LogP contribution >= 0.6 is 15.9 Å². The molecule has 7 heteroatoms. The number of carbonyl (C=O) groups excluding carboxylic acids is 2. The molecular formula is C22H27BrN4O2. The summed E-state index contributed by atoms with van der Waals surface area (Å²) in [5, 5.41) is 5.49. The number of aromatic nitrogens is 2. The predicted octanol–water partition coefficient (Wildman–Crippen LogP) is 4.80. The standard InChI is InChI=1S/C22H27BrN4O2/c1-3-9-16(10-4-2)15-18(23)19(21(29)27-22-24-13-8-14-25-22)26-20(28)17-11-6-5-7-12-17/h3-4,8-10,13-14,17H,1,5-7,11-12,15H2,2H3,(H,26,28)(H,24,25,27,29)/b10-4-,16-9+,19-18+. The Labute approximate surface area is 180 Å². The van der Waals surface area contributed by atoms with Crippen molar-refractivity contribution in [2.75, 3.05) is 5.32 Å². The van der Waals surface area contributed by atoms with Crippen molar-refractivity contribution in [1.29, 1.82) is 0 Å². The molecule has 29 heavy (non-hydrogen) atoms. The lowest BCUT2D eigenvalue weighted by Crippen LogP contribution is -2.36. The average molecular weight is 459 g/mol. The van der Waals surface area contributed by atoms with E-state index in [1.54, 1.807) is 24.5 Å². The van der Waals surface area contributed by atoms with Crippen molar-refractivity contribution in [2.45, 2.75) is 45.4 Å². The Bertz CT molecular complexity index is 809. The highest BCUT2D eigenvalue weighted by Crippen LogP contribution is 2.26. The lowest BCUT2D eigenvalue weighted by molar-refractivity contribution is -0.126. The van der Waals surface area contributed by atoms with Gasteiger partial charge in [0.2, 0.25) is 11.9 Å². The van der Waals surface area contributed by atoms with Crippen molar-refractivity contribution in [3.05, 3.63) is 65.1 Å². The molecule has 1 heterocycles. The van der Waals surface area contributed by atoms with Gasteiger partial charge in [0.05, 0.1) is 0 Å². The number of halogens is 1. The first-order valence-corrected chi connectivity index (χ1v) is 10.6. The molecule has 154 valence electrons. The summed E-state index contributed by atoms with van der Waals surface area (Å²) in [5.41, 5.74) is 1.12. The fraction of sp³-hybridized carbons (Fsp3) is 0.364. The van der Waals surface area contributed by atoms with E-state index in [0.29, 0.717) is 10.9 Å². The summed E-state index contributed by atoms with van der Waals surface area (Å²) in [4.78, 5) is 33.7. The number of hydrogen-bond donors (Lipinski definition) is 2. The molecule has 1 fully saturated rings. The summed E-state index contributed by atoms with van der Waals surface area (Å²) in [7, 11) is 0. The van der Waals surface area contributed by atoms with Gasteiger partial charge in [-0.1, -0.05) is 66.1 Å². The summed E-state index contributed by atoms with van der Waals surface area (Å²) in [6, 6.07) is 1.66. The topological polar surface area (TPSA) is 84.0 Å². The Balaban J connectivity index is 2.27. The quantitative estimate of drug-likeness (QED) is 0.432. The Morgan fingerprint density at radius 3 is 2.55 bits per heavy atom. The van der Waals surface area contributed by atoms with E-state index in [-0.39, 0.29) is 23.5 Å². The van der Waals surface area contributed by atoms with Crippen molar-refractivity contribution in [3.63, 3.8) is 0 Å². The highest BCUT2D eigenvalue weighted by Gasteiger charge is 2.25. The smallest absolute Gasteiger partial charge is 0.275 e. The molecule has 1 saturated carbocycles. The molecule has 1 aromatic heterocycles. The molecule has 6 nitrogen and oxygen atoms in total. The van der Waals surface area contributed by atoms with E-state index in [2.05, 4.69) is 43.1 Å². The monoisotopic (exact) mass is 458 g/mol. The maximum atomic E-state index is 12.9. The lowest BCUT2D eigenvalue weighted by atomic mass is 9.88. The Kier molecular flexibility index (Phi) is 9.50. The first-order chi connectivity index (χ1) is 14.0. The second-order valence-electron chi connectivity index (χ2n) is 6.78. The number of carbonyl (C=O) groups is 2. The van der Waals surface area contributed by atoms with Crippen molar-refractivity contribution in [3.8, 4) is 0 Å². The van der Waals surface area contributed by atoms with Crippen LogP contribution in [0, 0.1) is 5.92 Å². The summed E-state index contributed by atoms with van der Waals surface area (Å²) < 4.78 is 0.571. The van der Waals surface area contributed by atoms with Gasteiger partial charge in [0.1, 0.15) is 5.70 Å². The number of nitrogens with one attached hydrogen (secondary N) is 2. The van der Waals surface area contributed by atoms with Gasteiger partial charge in [0.25, 0.3) is 5.91 Å². The van der Waals surface area contributed by atoms with E-state index in [0.717, 1.165) is 37.7 Å². The van der Waals surface area contributed by atoms with Crippen molar-refractivity contribution in [2.24, 2.45) is 5.92 Å². The largest absolute Gasteiger partial charge is 0.321 e. The number of nitrogens with zero attached hydrogens (tertiary/aromatic N) is 2. The van der Waals surface area contributed by atoms with E-state index in [1.165, 1.54) is 0 Å². The van der Waals surface area contributed by atoms with Gasteiger partial charge in [0, 0.05) is 29.2 Å². The van der Waals surface area contributed by atoms with Crippen LogP contribution in [0.3, 0.4) is 0 Å². The zero-order valence-electron chi connectivity index (χ0n) is 16.7. The van der Waals surface area contributed by atoms with Gasteiger partial charge in [-0.05, 0) is 31.4 Å². The number of anilines is 1. The van der Waals surface area contributed by atoms with Gasteiger partial charge < -0.3 is 5.32 Å². The van der Waals surface area contributed by atoms with Crippen LogP contribution in [0.5, 0.6) is 0 Å². The molecule has 0 atom stereocenters. The van der Waals surface area contributed by atoms with Crippen LogP contribution < -0.4 is 10.6 Å². The third-order valence-electron chi connectivity index (χ3n) is 4.59. The van der Waals surface area contributed by atoms with Gasteiger partial charge in [-0.3, -0.25) is 14.9 Å². The minimum atomic E-state index is -0.467. The van der Waals surface area contributed by atoms with E-state index >= 15 is 0 Å². The van der Waals surface area contributed by atoms with E-state index in [4.69, 9.17) is 0 Å². The van der Waals surface area contributed by atoms with Crippen molar-refractivity contribution in [1.82, 2.24) is 15.3 Å². The van der Waals surface area contributed by atoms with E-state index < -0.39 is 5.91 Å². The van der Waals surface area contributed by atoms with Gasteiger partial charge in [-0.15, -0.1) is 0 Å². The zero-order chi connectivity index (χ0) is 21.1. The molecule has 0 radical (unpaired) electrons. The zero-order valence-corrected chi connectivity index (χ0v) is 18.2. The van der Waals surface area contributed by atoms with Crippen molar-refractivity contribution >= 4 is 33.7 Å². The third kappa shape index (κ3) is 7.42. The molecule has 0 bridgehead atoms. The second-order valence-corrected chi connectivity index (χ2v) is 7.74. The minimum absolute atomic E-state index is 0.0708. The van der Waals surface area contributed by atoms with Crippen LogP contribution in [0.15, 0.2) is 65.1 Å². The summed E-state index contributed by atoms with van der Waals surface area (Å²) >= 11 is 3.51. The third-order valence-corrected chi connectivity index (χ3v) is 5.26. The normalized spacial score (nSPS) is 16.3. The fourth-order valence-electron chi connectivity index (χ4n) is 3.17. The Morgan fingerprint density at radius 1 is 1.24 bits per heavy atom. The van der Waals surface area contributed by atoms with Gasteiger partial charge in [-0.25, -0.2) is 9.97 Å². The Morgan fingerprint density at radius 2 is 1.93 bits per heavy atom. The molecule has 0 saturated heterocycles. The number of allylic oxidation sites excluding steroid dienone is 6. The first kappa shape index (κ1) is 22.7. The van der Waals surface area contributed by atoms with Gasteiger partial charge in [0.15, 0.2) is 0 Å². The Hall–Kier alpha value is -2.54. The molecule has 0 aromatic carbocycles. The molecule has 0 aliphatic heterocycles. The molecule has 1 aliphatic rings. The molecule has 0 unspecified atom stereocenters. The second kappa shape index (κ2) is 12.1. The molecule has 2 N–H and O–H groups in total. The highest BCUT2D eigenvalue weighted by molar-refractivity contribution is 9.11. The van der Waals surface area contributed by atoms with Gasteiger partial charge in [-0.2, -0.15) is 0 Å². The maximum Gasteiger partial charge on any atom is 0.275 e. The molecule has 0 spiro atoms. The molecule has 1 aliphatic carbocycles. The van der Waals surface area contributed by atoms with E-state index in [1.807, 2.05) is 25.2 Å². The number of rotatable bonds is 8. The van der Waals surface area contributed by atoms with Crippen LogP contribution in [0.25, 0.3) is 0 Å². The van der Waals surface area contributed by atoms with Crippen LogP contribution in [-0.2, 0) is 9.59 Å². The SMILES string of the molecule is C=C/C=C(\C=C/C)C/C(Br)=C(\NC(=O)C1CCCCC1)C(=O)Nc1ncccn1. The van der Waals surface area contributed by atoms with Crippen LogP contribution in [-0.4, -0.2) is 21.8 Å².